The quantitative estimate of drug-likeness (QED) is 0.813. The van der Waals surface area contributed by atoms with Crippen LogP contribution in [0, 0.1) is 0 Å². The van der Waals surface area contributed by atoms with Crippen molar-refractivity contribution < 1.29 is 18.3 Å². The van der Waals surface area contributed by atoms with Crippen molar-refractivity contribution in [2.45, 2.75) is 23.3 Å². The highest BCUT2D eigenvalue weighted by Gasteiger charge is 2.46. The van der Waals surface area contributed by atoms with Gasteiger partial charge in [-0.15, -0.1) is 15.6 Å². The monoisotopic (exact) mass is 378 g/mol. The number of piperidine rings is 1. The molecule has 1 amide bonds. The van der Waals surface area contributed by atoms with Crippen molar-refractivity contribution in [2.24, 2.45) is 0 Å². The third-order valence-electron chi connectivity index (χ3n) is 4.69. The van der Waals surface area contributed by atoms with Gasteiger partial charge in [0.2, 0.25) is 0 Å². The summed E-state index contributed by atoms with van der Waals surface area (Å²) in [6.45, 7) is 0.916. The van der Waals surface area contributed by atoms with Gasteiger partial charge in [0.25, 0.3) is 5.91 Å². The zero-order valence-corrected chi connectivity index (χ0v) is 15.1. The van der Waals surface area contributed by atoms with Gasteiger partial charge in [0.05, 0.1) is 17.6 Å². The van der Waals surface area contributed by atoms with Gasteiger partial charge in [0.15, 0.2) is 15.3 Å². The van der Waals surface area contributed by atoms with Crippen molar-refractivity contribution in [2.75, 3.05) is 19.7 Å². The van der Waals surface area contributed by atoms with Gasteiger partial charge in [-0.1, -0.05) is 16.3 Å². The van der Waals surface area contributed by atoms with E-state index in [2.05, 4.69) is 5.32 Å². The van der Waals surface area contributed by atoms with Gasteiger partial charge in [-0.2, -0.15) is 0 Å². The highest BCUT2D eigenvalue weighted by molar-refractivity contribution is 7.95. The van der Waals surface area contributed by atoms with Crippen LogP contribution in [0.5, 0.6) is 5.75 Å². The molecular formula is C17H18N2O4S2. The van der Waals surface area contributed by atoms with Gasteiger partial charge in [-0.25, -0.2) is 0 Å². The van der Waals surface area contributed by atoms with E-state index in [-0.39, 0.29) is 19.1 Å². The van der Waals surface area contributed by atoms with E-state index in [1.165, 1.54) is 15.6 Å². The maximum absolute atomic E-state index is 12.8. The number of para-hydroxylation sites is 1. The van der Waals surface area contributed by atoms with E-state index in [4.69, 9.17) is 4.74 Å². The number of amides is 1. The molecule has 4 rings (SSSR count). The van der Waals surface area contributed by atoms with Crippen molar-refractivity contribution in [3.05, 3.63) is 46.7 Å². The molecule has 25 heavy (non-hydrogen) atoms. The number of hydrogen-bond acceptors (Lipinski definition) is 5. The normalized spacial score (nSPS) is 26.2. The number of carbonyl (C=O) groups excluding carboxylic acids is 1. The average Bonchev–Trinajstić information content (AvgIpc) is 3.12. The number of nitrogens with zero attached hydrogens (tertiary/aromatic N) is 1. The van der Waals surface area contributed by atoms with Crippen molar-refractivity contribution >= 4 is 27.6 Å². The largest absolute Gasteiger partial charge is 0.593 e. The molecule has 2 aliphatic heterocycles. The molecule has 0 saturated carbocycles. The van der Waals surface area contributed by atoms with E-state index in [0.29, 0.717) is 35.6 Å². The maximum atomic E-state index is 12.8. The summed E-state index contributed by atoms with van der Waals surface area (Å²) in [5.74, 6) is 0.317. The highest BCUT2D eigenvalue weighted by atomic mass is 32.3. The Balaban J connectivity index is 1.61. The Labute approximate surface area is 151 Å². The molecule has 1 aromatic carbocycles. The summed E-state index contributed by atoms with van der Waals surface area (Å²) in [6, 6.07) is 8.69. The highest BCUT2D eigenvalue weighted by Crippen LogP contribution is 2.33. The summed E-state index contributed by atoms with van der Waals surface area (Å²) in [5, 5.41) is 6.41. The lowest BCUT2D eigenvalue weighted by Crippen LogP contribution is -2.62. The lowest BCUT2D eigenvalue weighted by molar-refractivity contribution is 0.0790. The Morgan fingerprint density at radius 3 is 2.96 bits per heavy atom. The molecule has 132 valence electrons. The molecule has 2 unspecified atom stereocenters. The minimum absolute atomic E-state index is 0.213. The second-order valence-corrected chi connectivity index (χ2v) is 9.14. The molecule has 1 fully saturated rings. The third-order valence-corrected chi connectivity index (χ3v) is 7.36. The van der Waals surface area contributed by atoms with E-state index >= 15 is 0 Å². The Kier molecular flexibility index (Phi) is 4.15. The molecule has 0 bridgehead atoms. The predicted molar refractivity (Wildman–Crippen MR) is 94.4 cm³/mol. The smallest absolute Gasteiger partial charge is 0.255 e. The van der Waals surface area contributed by atoms with Crippen LogP contribution in [0.4, 0.5) is 0 Å². The summed E-state index contributed by atoms with van der Waals surface area (Å²) >= 11 is 1.35. The summed E-state index contributed by atoms with van der Waals surface area (Å²) in [4.78, 5) is 12.9. The average molecular weight is 378 g/mol. The molecule has 1 N–H and O–H groups in total. The van der Waals surface area contributed by atoms with Crippen LogP contribution < -0.4 is 10.1 Å². The number of nitrogens with one attached hydrogen (secondary N) is 1. The predicted octanol–water partition coefficient (Wildman–Crippen LogP) is 2.31. The van der Waals surface area contributed by atoms with Gasteiger partial charge in [0, 0.05) is 18.0 Å². The number of carbonyl (C=O) groups is 1. The van der Waals surface area contributed by atoms with E-state index < -0.39 is 15.9 Å². The van der Waals surface area contributed by atoms with Crippen LogP contribution in [0.25, 0.3) is 0 Å². The van der Waals surface area contributed by atoms with E-state index in [0.717, 1.165) is 0 Å². The van der Waals surface area contributed by atoms with Crippen molar-refractivity contribution in [3.63, 3.8) is 0 Å². The lowest BCUT2D eigenvalue weighted by atomic mass is 9.91. The van der Waals surface area contributed by atoms with Crippen molar-refractivity contribution in [3.8, 4) is 5.75 Å². The minimum atomic E-state index is -3.55. The molecule has 0 radical (unpaired) electrons. The van der Waals surface area contributed by atoms with Crippen molar-refractivity contribution in [1.82, 2.24) is 9.62 Å². The molecule has 1 aromatic heterocycles. The van der Waals surface area contributed by atoms with Gasteiger partial charge in [-0.3, -0.25) is 4.79 Å². The summed E-state index contributed by atoms with van der Waals surface area (Å²) in [6.07, 6.45) is 1.35. The first-order chi connectivity index (χ1) is 12.0. The van der Waals surface area contributed by atoms with Crippen LogP contribution >= 0.6 is 11.3 Å². The first kappa shape index (κ1) is 16.7. The Morgan fingerprint density at radius 1 is 1.32 bits per heavy atom. The van der Waals surface area contributed by atoms with Gasteiger partial charge in [-0.05, 0) is 30.4 Å². The van der Waals surface area contributed by atoms with Crippen LogP contribution in [-0.2, 0) is 14.6 Å². The number of ether oxygens (including phenoxy) is 1. The Morgan fingerprint density at radius 2 is 2.16 bits per heavy atom. The molecule has 8 heteroatoms. The summed E-state index contributed by atoms with van der Waals surface area (Å²) in [5.41, 5.74) is -0.227. The molecule has 2 atom stereocenters. The van der Waals surface area contributed by atoms with E-state index in [1.54, 1.807) is 35.0 Å². The van der Waals surface area contributed by atoms with Gasteiger partial charge in [0.1, 0.15) is 12.4 Å². The number of rotatable bonds is 2. The molecule has 2 aliphatic rings. The van der Waals surface area contributed by atoms with Crippen LogP contribution in [0.2, 0.25) is 0 Å². The molecule has 2 aromatic rings. The molecule has 1 saturated heterocycles. The van der Waals surface area contributed by atoms with Crippen LogP contribution in [0.3, 0.4) is 0 Å². The fourth-order valence-corrected chi connectivity index (χ4v) is 5.98. The fourth-order valence-electron chi connectivity index (χ4n) is 3.40. The lowest BCUT2D eigenvalue weighted by Gasteiger charge is -2.41. The zero-order chi connectivity index (χ0) is 17.5. The molecule has 3 heterocycles. The SMILES string of the molecule is O=C1NC2(CCCN([S+](=O)([O-])c3ccsc3)C2)COc2ccccc21. The standard InChI is InChI=1S/C17H18N2O4S2/c20-16-14-4-1-2-5-15(14)23-12-17(18-16)7-3-8-19(11-17)25(21,22)13-6-9-24-10-13/h1-2,4-6,9-10H,3,7-8,11-12H2,(H-,18,20,21,22). The number of hydrogen-bond donors (Lipinski definition) is 1. The van der Waals surface area contributed by atoms with Crippen LogP contribution in [0.1, 0.15) is 23.2 Å². The molecule has 6 nitrogen and oxygen atoms in total. The number of fused-ring (bicyclic) bond motifs is 1. The van der Waals surface area contributed by atoms with Crippen LogP contribution in [-0.4, -0.2) is 40.0 Å². The second-order valence-electron chi connectivity index (χ2n) is 6.42. The second kappa shape index (κ2) is 6.21. The molecule has 0 aliphatic carbocycles. The Bertz CT molecular complexity index is 839. The molecule has 1 spiro atoms. The Hall–Kier alpha value is -1.74. The number of thiophene rings is 1. The number of sulfonamides is 1. The fraction of sp³-hybridized carbons (Fsp3) is 0.353. The zero-order valence-electron chi connectivity index (χ0n) is 13.5. The first-order valence-corrected chi connectivity index (χ1v) is 10.5. The maximum Gasteiger partial charge on any atom is 0.255 e. The van der Waals surface area contributed by atoms with Crippen molar-refractivity contribution in [1.29, 1.82) is 0 Å². The van der Waals surface area contributed by atoms with E-state index in [1.807, 2.05) is 6.07 Å². The first-order valence-electron chi connectivity index (χ1n) is 8.07. The van der Waals surface area contributed by atoms with Crippen LogP contribution in [0.15, 0.2) is 46.0 Å². The van der Waals surface area contributed by atoms with Gasteiger partial charge >= 0.3 is 0 Å². The molecular weight excluding hydrogens is 360 g/mol. The number of benzene rings is 1. The van der Waals surface area contributed by atoms with E-state index in [9.17, 15) is 13.6 Å². The minimum Gasteiger partial charge on any atom is -0.593 e. The third kappa shape index (κ3) is 2.99. The van der Waals surface area contributed by atoms with Gasteiger partial charge < -0.3 is 14.6 Å². The summed E-state index contributed by atoms with van der Waals surface area (Å²) < 4.78 is 33.0. The summed E-state index contributed by atoms with van der Waals surface area (Å²) in [7, 11) is -3.55. The topological polar surface area (TPSA) is 81.7 Å².